The van der Waals surface area contributed by atoms with Gasteiger partial charge in [-0.25, -0.2) is 0 Å². The highest BCUT2D eigenvalue weighted by Gasteiger charge is 2.45. The molecule has 5 heteroatoms. The number of ketones is 1. The predicted molar refractivity (Wildman–Crippen MR) is 91.3 cm³/mol. The summed E-state index contributed by atoms with van der Waals surface area (Å²) >= 11 is 0. The van der Waals surface area contributed by atoms with Crippen LogP contribution in [0.25, 0.3) is 0 Å². The van der Waals surface area contributed by atoms with Crippen LogP contribution in [0.1, 0.15) is 25.0 Å². The highest BCUT2D eigenvalue weighted by molar-refractivity contribution is 6.01. The Morgan fingerprint density at radius 2 is 2.16 bits per heavy atom. The lowest BCUT2D eigenvalue weighted by molar-refractivity contribution is -0.130. The van der Waals surface area contributed by atoms with Crippen LogP contribution in [0.4, 0.5) is 0 Å². The van der Waals surface area contributed by atoms with Crippen LogP contribution >= 0.6 is 0 Å². The minimum absolute atomic E-state index is 0.0825. The van der Waals surface area contributed by atoms with Gasteiger partial charge in [-0.3, -0.25) is 4.79 Å². The van der Waals surface area contributed by atoms with Gasteiger partial charge in [-0.05, 0) is 23.8 Å². The van der Waals surface area contributed by atoms with Crippen LogP contribution < -0.4 is 9.47 Å². The normalized spacial score (nSPS) is 29.6. The van der Waals surface area contributed by atoms with Crippen molar-refractivity contribution in [2.75, 3.05) is 13.9 Å². The average molecular weight is 340 g/mol. The Bertz CT molecular complexity index is 806. The molecule has 2 heterocycles. The van der Waals surface area contributed by atoms with E-state index in [1.165, 1.54) is 0 Å². The number of carbonyl (C=O) groups is 1. The van der Waals surface area contributed by atoms with Gasteiger partial charge in [-0.1, -0.05) is 19.1 Å². The summed E-state index contributed by atoms with van der Waals surface area (Å²) in [6.07, 6.45) is 5.39. The first-order valence-electron chi connectivity index (χ1n) is 8.29. The number of hydrogen-bond acceptors (Lipinski definition) is 5. The summed E-state index contributed by atoms with van der Waals surface area (Å²) < 4.78 is 22.5. The number of fused-ring (bicyclic) bond motifs is 2. The first kappa shape index (κ1) is 16.0. The molecule has 0 radical (unpaired) electrons. The number of hydrogen-bond donors (Lipinski definition) is 0. The van der Waals surface area contributed by atoms with E-state index in [-0.39, 0.29) is 24.6 Å². The van der Waals surface area contributed by atoms with Crippen molar-refractivity contribution >= 4 is 5.78 Å². The molecule has 3 atom stereocenters. The highest BCUT2D eigenvalue weighted by atomic mass is 16.7. The SMILES string of the molecule is C=CC[C@]1(OC)C=C2C(=CC1=O)O[C@H](c1ccc3c(c1)OCO3)[C@@H]2C. The van der Waals surface area contributed by atoms with Crippen molar-refractivity contribution in [1.29, 1.82) is 0 Å². The molecular weight excluding hydrogens is 320 g/mol. The molecule has 0 amide bonds. The maximum absolute atomic E-state index is 12.6. The minimum Gasteiger partial charge on any atom is -0.485 e. The molecule has 1 aliphatic carbocycles. The molecule has 3 aliphatic rings. The Morgan fingerprint density at radius 1 is 1.36 bits per heavy atom. The van der Waals surface area contributed by atoms with Crippen molar-refractivity contribution in [2.45, 2.75) is 25.0 Å². The molecule has 25 heavy (non-hydrogen) atoms. The molecule has 1 fully saturated rings. The third kappa shape index (κ3) is 2.38. The van der Waals surface area contributed by atoms with E-state index in [1.54, 1.807) is 19.3 Å². The standard InChI is InChI=1S/C20H20O5/c1-4-7-20(22-3)10-14-12(2)19(25-16(14)9-18(20)21)13-5-6-15-17(8-13)24-11-23-15/h4-6,8-10,12,19H,1,7,11H2,2-3H3/t12-,19+,20+/m1/s1. The van der Waals surface area contributed by atoms with Gasteiger partial charge in [-0.2, -0.15) is 0 Å². The lowest BCUT2D eigenvalue weighted by Crippen LogP contribution is -2.39. The smallest absolute Gasteiger partial charge is 0.231 e. The van der Waals surface area contributed by atoms with Gasteiger partial charge in [-0.15, -0.1) is 6.58 Å². The molecule has 1 aromatic carbocycles. The van der Waals surface area contributed by atoms with E-state index in [0.29, 0.717) is 12.2 Å². The summed E-state index contributed by atoms with van der Waals surface area (Å²) in [5.74, 6) is 2.05. The van der Waals surface area contributed by atoms with E-state index in [9.17, 15) is 4.79 Å². The van der Waals surface area contributed by atoms with E-state index in [4.69, 9.17) is 18.9 Å². The first-order valence-corrected chi connectivity index (χ1v) is 8.29. The fourth-order valence-electron chi connectivity index (χ4n) is 3.64. The summed E-state index contributed by atoms with van der Waals surface area (Å²) in [6, 6.07) is 5.81. The quantitative estimate of drug-likeness (QED) is 0.786. The van der Waals surface area contributed by atoms with Gasteiger partial charge in [0.2, 0.25) is 6.79 Å². The van der Waals surface area contributed by atoms with E-state index in [2.05, 4.69) is 13.5 Å². The van der Waals surface area contributed by atoms with E-state index < -0.39 is 5.60 Å². The Hall–Kier alpha value is -2.53. The van der Waals surface area contributed by atoms with Crippen molar-refractivity contribution in [3.8, 4) is 11.5 Å². The molecule has 0 aromatic heterocycles. The molecule has 0 spiro atoms. The molecule has 0 saturated carbocycles. The van der Waals surface area contributed by atoms with Crippen molar-refractivity contribution in [3.63, 3.8) is 0 Å². The van der Waals surface area contributed by atoms with Gasteiger partial charge in [0.15, 0.2) is 22.9 Å². The monoisotopic (exact) mass is 340 g/mol. The number of allylic oxidation sites excluding steroid dienone is 1. The average Bonchev–Trinajstić information content (AvgIpc) is 3.20. The van der Waals surface area contributed by atoms with Gasteiger partial charge >= 0.3 is 0 Å². The van der Waals surface area contributed by atoms with Crippen LogP contribution in [0, 0.1) is 5.92 Å². The summed E-state index contributed by atoms with van der Waals surface area (Å²) in [7, 11) is 1.55. The number of ether oxygens (including phenoxy) is 4. The van der Waals surface area contributed by atoms with Crippen LogP contribution in [0.15, 0.2) is 54.3 Å². The molecule has 4 rings (SSSR count). The van der Waals surface area contributed by atoms with E-state index in [0.717, 1.165) is 22.6 Å². The van der Waals surface area contributed by atoms with Crippen LogP contribution in [-0.2, 0) is 14.3 Å². The number of rotatable bonds is 4. The van der Waals surface area contributed by atoms with Gasteiger partial charge in [0.05, 0.1) is 0 Å². The molecule has 2 aliphatic heterocycles. The summed E-state index contributed by atoms with van der Waals surface area (Å²) in [4.78, 5) is 12.6. The van der Waals surface area contributed by atoms with Crippen molar-refractivity contribution < 1.29 is 23.7 Å². The molecule has 1 aromatic rings. The van der Waals surface area contributed by atoms with Crippen LogP contribution in [0.5, 0.6) is 11.5 Å². The number of benzene rings is 1. The van der Waals surface area contributed by atoms with Gasteiger partial charge in [0.1, 0.15) is 11.9 Å². The number of methoxy groups -OCH3 is 1. The zero-order chi connectivity index (χ0) is 17.6. The topological polar surface area (TPSA) is 54.0 Å². The van der Waals surface area contributed by atoms with E-state index >= 15 is 0 Å². The second-order valence-corrected chi connectivity index (χ2v) is 6.50. The third-order valence-electron chi connectivity index (χ3n) is 5.09. The molecule has 130 valence electrons. The largest absolute Gasteiger partial charge is 0.485 e. The lowest BCUT2D eigenvalue weighted by atomic mass is 9.82. The molecular formula is C20H20O5. The Kier molecular flexibility index (Phi) is 3.69. The fraction of sp³-hybridized carbons (Fsp3) is 0.350. The Labute approximate surface area is 146 Å². The van der Waals surface area contributed by atoms with Gasteiger partial charge in [0.25, 0.3) is 0 Å². The predicted octanol–water partition coefficient (Wildman–Crippen LogP) is 3.48. The second-order valence-electron chi connectivity index (χ2n) is 6.50. The fourth-order valence-corrected chi connectivity index (χ4v) is 3.64. The minimum atomic E-state index is -0.984. The summed E-state index contributed by atoms with van der Waals surface area (Å²) in [5.41, 5.74) is 1.00. The maximum Gasteiger partial charge on any atom is 0.231 e. The van der Waals surface area contributed by atoms with Crippen LogP contribution in [0.3, 0.4) is 0 Å². The zero-order valence-electron chi connectivity index (χ0n) is 14.3. The van der Waals surface area contributed by atoms with Crippen molar-refractivity contribution in [1.82, 2.24) is 0 Å². The van der Waals surface area contributed by atoms with Gasteiger partial charge < -0.3 is 18.9 Å². The Balaban J connectivity index is 1.70. The maximum atomic E-state index is 12.6. The third-order valence-corrected chi connectivity index (χ3v) is 5.09. The first-order chi connectivity index (χ1) is 12.1. The lowest BCUT2D eigenvalue weighted by Gasteiger charge is -2.29. The van der Waals surface area contributed by atoms with Crippen molar-refractivity contribution in [2.24, 2.45) is 5.92 Å². The number of carbonyl (C=O) groups excluding carboxylic acids is 1. The molecule has 0 bridgehead atoms. The molecule has 0 unspecified atom stereocenters. The van der Waals surface area contributed by atoms with Crippen molar-refractivity contribution in [3.05, 3.63) is 59.9 Å². The second kappa shape index (κ2) is 5.77. The van der Waals surface area contributed by atoms with Crippen LogP contribution in [0.2, 0.25) is 0 Å². The summed E-state index contributed by atoms with van der Waals surface area (Å²) in [6.45, 7) is 6.07. The molecule has 1 saturated heterocycles. The summed E-state index contributed by atoms with van der Waals surface area (Å²) in [5, 5.41) is 0. The van der Waals surface area contributed by atoms with Gasteiger partial charge in [0, 0.05) is 31.1 Å². The van der Waals surface area contributed by atoms with Crippen LogP contribution in [-0.4, -0.2) is 25.3 Å². The molecule has 5 nitrogen and oxygen atoms in total. The highest BCUT2D eigenvalue weighted by Crippen LogP contribution is 2.48. The molecule has 0 N–H and O–H groups in total. The van der Waals surface area contributed by atoms with E-state index in [1.807, 2.05) is 24.3 Å². The zero-order valence-corrected chi connectivity index (χ0v) is 14.3. The Morgan fingerprint density at radius 3 is 2.92 bits per heavy atom.